The van der Waals surface area contributed by atoms with Gasteiger partial charge in [0.1, 0.15) is 0 Å². The summed E-state index contributed by atoms with van der Waals surface area (Å²) in [6.45, 7) is 5.64. The van der Waals surface area contributed by atoms with E-state index in [4.69, 9.17) is 5.73 Å². The summed E-state index contributed by atoms with van der Waals surface area (Å²) in [6, 6.07) is 2.70. The molecule has 1 aromatic heterocycles. The van der Waals surface area contributed by atoms with Crippen LogP contribution in [0.3, 0.4) is 0 Å². The summed E-state index contributed by atoms with van der Waals surface area (Å²) < 4.78 is 2.19. The second-order valence-electron chi connectivity index (χ2n) is 5.31. The van der Waals surface area contributed by atoms with Crippen LogP contribution < -0.4 is 5.73 Å². The average molecular weight is 220 g/mol. The zero-order valence-electron chi connectivity index (χ0n) is 9.89. The quantitative estimate of drug-likeness (QED) is 0.816. The lowest BCUT2D eigenvalue weighted by atomic mass is 10.1. The van der Waals surface area contributed by atoms with Crippen molar-refractivity contribution in [3.63, 3.8) is 0 Å². The molecule has 0 atom stereocenters. The smallest absolute Gasteiger partial charge is 0.0775 e. The van der Waals surface area contributed by atoms with E-state index in [9.17, 15) is 0 Å². The highest BCUT2D eigenvalue weighted by atomic mass is 15.4. The summed E-state index contributed by atoms with van der Waals surface area (Å²) >= 11 is 0. The van der Waals surface area contributed by atoms with Crippen LogP contribution in [0.5, 0.6) is 0 Å². The number of hydrogen-bond donors (Lipinski definition) is 1. The van der Waals surface area contributed by atoms with E-state index in [0.717, 1.165) is 26.1 Å². The van der Waals surface area contributed by atoms with Gasteiger partial charge in [0, 0.05) is 36.9 Å². The summed E-state index contributed by atoms with van der Waals surface area (Å²) in [5.74, 6) is 0. The molecule has 16 heavy (non-hydrogen) atoms. The minimum Gasteiger partial charge on any atom is -0.325 e. The van der Waals surface area contributed by atoms with Crippen molar-refractivity contribution in [2.24, 2.45) is 5.73 Å². The molecule has 3 rings (SSSR count). The van der Waals surface area contributed by atoms with Crippen LogP contribution in [0.2, 0.25) is 0 Å². The maximum atomic E-state index is 6.17. The van der Waals surface area contributed by atoms with E-state index in [-0.39, 0.29) is 5.54 Å². The number of likely N-dealkylation sites (N-methyl/N-ethyl adjacent to an activating group) is 1. The van der Waals surface area contributed by atoms with Gasteiger partial charge in [0.05, 0.1) is 6.04 Å². The molecule has 88 valence electrons. The average Bonchev–Trinajstić information content (AvgIpc) is 2.73. The number of rotatable bonds is 4. The normalized spacial score (nSPS) is 24.4. The van der Waals surface area contributed by atoms with Gasteiger partial charge in [-0.25, -0.2) is 0 Å². The molecule has 1 saturated carbocycles. The zero-order valence-corrected chi connectivity index (χ0v) is 9.89. The fraction of sp³-hybridized carbons (Fsp3) is 0.750. The molecular formula is C12H20N4. The van der Waals surface area contributed by atoms with Crippen molar-refractivity contribution >= 4 is 0 Å². The Morgan fingerprint density at radius 2 is 2.25 bits per heavy atom. The minimum absolute atomic E-state index is 0.0893. The highest BCUT2D eigenvalue weighted by Gasteiger charge is 2.39. The fourth-order valence-electron chi connectivity index (χ4n) is 2.46. The molecule has 1 aliphatic carbocycles. The Morgan fingerprint density at radius 3 is 2.88 bits per heavy atom. The van der Waals surface area contributed by atoms with E-state index >= 15 is 0 Å². The van der Waals surface area contributed by atoms with Crippen LogP contribution in [0.1, 0.15) is 31.5 Å². The molecule has 1 aliphatic heterocycles. The molecule has 2 heterocycles. The number of nitrogens with two attached hydrogens (primary N) is 1. The van der Waals surface area contributed by atoms with E-state index in [1.54, 1.807) is 0 Å². The van der Waals surface area contributed by atoms with Gasteiger partial charge in [-0.05, 0) is 25.5 Å². The first kappa shape index (κ1) is 10.3. The number of nitrogens with zero attached hydrogens (tertiary/aromatic N) is 3. The molecule has 0 amide bonds. The molecule has 1 aromatic rings. The number of likely N-dealkylation sites (tertiary alicyclic amines) is 1. The molecule has 4 heteroatoms. The molecule has 2 fully saturated rings. The first-order valence-corrected chi connectivity index (χ1v) is 6.24. The van der Waals surface area contributed by atoms with Crippen LogP contribution in [0.15, 0.2) is 12.3 Å². The molecule has 1 saturated heterocycles. The van der Waals surface area contributed by atoms with Gasteiger partial charge in [0.15, 0.2) is 0 Å². The summed E-state index contributed by atoms with van der Waals surface area (Å²) in [5.41, 5.74) is 7.58. The van der Waals surface area contributed by atoms with Crippen LogP contribution in [0.4, 0.5) is 0 Å². The van der Waals surface area contributed by atoms with Crippen LogP contribution in [0, 0.1) is 0 Å². The molecule has 2 N–H and O–H groups in total. The predicted octanol–water partition coefficient (Wildman–Crippen LogP) is 0.793. The zero-order chi connectivity index (χ0) is 11.2. The van der Waals surface area contributed by atoms with Gasteiger partial charge in [-0.1, -0.05) is 6.92 Å². The number of aromatic nitrogens is 2. The highest BCUT2D eigenvalue weighted by Crippen LogP contribution is 2.36. The van der Waals surface area contributed by atoms with Crippen LogP contribution in [-0.4, -0.2) is 39.9 Å². The van der Waals surface area contributed by atoms with Crippen LogP contribution in [-0.2, 0) is 6.42 Å². The molecule has 0 unspecified atom stereocenters. The van der Waals surface area contributed by atoms with Gasteiger partial charge in [0.25, 0.3) is 0 Å². The van der Waals surface area contributed by atoms with Gasteiger partial charge in [-0.3, -0.25) is 9.58 Å². The second-order valence-corrected chi connectivity index (χ2v) is 5.31. The van der Waals surface area contributed by atoms with Gasteiger partial charge in [-0.2, -0.15) is 5.10 Å². The number of hydrogen-bond acceptors (Lipinski definition) is 3. The molecule has 0 spiro atoms. The SMILES string of the molecule is CCN1CC(n2nccc2CC2(N)CC2)C1. The largest absolute Gasteiger partial charge is 0.325 e. The van der Waals surface area contributed by atoms with Crippen molar-refractivity contribution in [2.45, 2.75) is 37.8 Å². The third kappa shape index (κ3) is 1.76. The minimum atomic E-state index is 0.0893. The molecule has 0 bridgehead atoms. The summed E-state index contributed by atoms with van der Waals surface area (Å²) in [6.07, 6.45) is 5.25. The Labute approximate surface area is 96.4 Å². The van der Waals surface area contributed by atoms with Crippen LogP contribution in [0.25, 0.3) is 0 Å². The summed E-state index contributed by atoms with van der Waals surface area (Å²) in [5, 5.41) is 4.45. The Balaban J connectivity index is 1.68. The van der Waals surface area contributed by atoms with Crippen molar-refractivity contribution in [1.82, 2.24) is 14.7 Å². The first-order chi connectivity index (χ1) is 7.70. The highest BCUT2D eigenvalue weighted by molar-refractivity contribution is 5.14. The molecule has 2 aliphatic rings. The van der Waals surface area contributed by atoms with Crippen molar-refractivity contribution in [1.29, 1.82) is 0 Å². The van der Waals surface area contributed by atoms with Gasteiger partial charge < -0.3 is 5.73 Å². The Morgan fingerprint density at radius 1 is 1.50 bits per heavy atom. The Hall–Kier alpha value is -0.870. The summed E-state index contributed by atoms with van der Waals surface area (Å²) in [4.78, 5) is 2.44. The third-order valence-corrected chi connectivity index (χ3v) is 3.91. The maximum absolute atomic E-state index is 6.17. The molecule has 0 aromatic carbocycles. The lowest BCUT2D eigenvalue weighted by molar-refractivity contribution is 0.103. The van der Waals surface area contributed by atoms with E-state index in [2.05, 4.69) is 27.7 Å². The lowest BCUT2D eigenvalue weighted by Gasteiger charge is -2.39. The Kier molecular flexibility index (Phi) is 2.30. The third-order valence-electron chi connectivity index (χ3n) is 3.91. The monoisotopic (exact) mass is 220 g/mol. The lowest BCUT2D eigenvalue weighted by Crippen LogP contribution is -2.48. The topological polar surface area (TPSA) is 47.1 Å². The van der Waals surface area contributed by atoms with Crippen molar-refractivity contribution in [2.75, 3.05) is 19.6 Å². The van der Waals surface area contributed by atoms with Crippen LogP contribution >= 0.6 is 0 Å². The van der Waals surface area contributed by atoms with Gasteiger partial charge in [0.2, 0.25) is 0 Å². The Bertz CT molecular complexity index is 374. The van der Waals surface area contributed by atoms with E-state index in [1.807, 2.05) is 6.20 Å². The van der Waals surface area contributed by atoms with Gasteiger partial charge in [-0.15, -0.1) is 0 Å². The second kappa shape index (κ2) is 3.57. The van der Waals surface area contributed by atoms with E-state index < -0.39 is 0 Å². The standard InChI is InChI=1S/C12H20N4/c1-2-15-8-11(9-15)16-10(3-6-14-16)7-12(13)4-5-12/h3,6,11H,2,4-5,7-9,13H2,1H3. The fourth-order valence-corrected chi connectivity index (χ4v) is 2.46. The van der Waals surface area contributed by atoms with E-state index in [0.29, 0.717) is 6.04 Å². The summed E-state index contributed by atoms with van der Waals surface area (Å²) in [7, 11) is 0. The van der Waals surface area contributed by atoms with Crippen molar-refractivity contribution in [3.8, 4) is 0 Å². The molecule has 4 nitrogen and oxygen atoms in total. The van der Waals surface area contributed by atoms with Crippen molar-refractivity contribution in [3.05, 3.63) is 18.0 Å². The van der Waals surface area contributed by atoms with Gasteiger partial charge >= 0.3 is 0 Å². The maximum Gasteiger partial charge on any atom is 0.0775 e. The van der Waals surface area contributed by atoms with Crippen molar-refractivity contribution < 1.29 is 0 Å². The molecular weight excluding hydrogens is 200 g/mol. The predicted molar refractivity (Wildman–Crippen MR) is 63.2 cm³/mol. The van der Waals surface area contributed by atoms with E-state index in [1.165, 1.54) is 18.5 Å². The first-order valence-electron chi connectivity index (χ1n) is 6.24. The molecule has 0 radical (unpaired) electrons.